The van der Waals surface area contributed by atoms with Crippen molar-refractivity contribution in [3.05, 3.63) is 59.7 Å². The van der Waals surface area contributed by atoms with E-state index in [0.29, 0.717) is 5.69 Å². The summed E-state index contributed by atoms with van der Waals surface area (Å²) in [6.07, 6.45) is -0.158. The summed E-state index contributed by atoms with van der Waals surface area (Å²) in [7, 11) is 1.32. The maximum atomic E-state index is 14.1. The van der Waals surface area contributed by atoms with E-state index in [1.165, 1.54) is 7.11 Å². The van der Waals surface area contributed by atoms with E-state index in [9.17, 15) is 13.6 Å². The molecule has 0 aromatic heterocycles. The number of methoxy groups -OCH3 is 1. The maximum Gasteiger partial charge on any atom is 0.253 e. The maximum absolute atomic E-state index is 14.1. The van der Waals surface area contributed by atoms with Crippen molar-refractivity contribution < 1.29 is 18.3 Å². The van der Waals surface area contributed by atoms with Crippen molar-refractivity contribution >= 4 is 17.3 Å². The molecule has 112 valence electrons. The van der Waals surface area contributed by atoms with Crippen LogP contribution in [0.15, 0.2) is 47.6 Å². The van der Waals surface area contributed by atoms with E-state index in [-0.39, 0.29) is 29.4 Å². The van der Waals surface area contributed by atoms with Crippen LogP contribution in [0.1, 0.15) is 12.0 Å². The van der Waals surface area contributed by atoms with Gasteiger partial charge in [-0.1, -0.05) is 18.2 Å². The fraction of sp³-hybridized carbons (Fsp3) is 0.125. The average molecular weight is 302 g/mol. The number of carbonyl (C=O) groups excluding carboxylic acids is 1. The largest absolute Gasteiger partial charge is 0.497 e. The van der Waals surface area contributed by atoms with Gasteiger partial charge < -0.3 is 4.74 Å². The summed E-state index contributed by atoms with van der Waals surface area (Å²) in [6, 6.07) is 10.8. The molecule has 4 nitrogen and oxygen atoms in total. The molecule has 0 radical (unpaired) electrons. The fourth-order valence-corrected chi connectivity index (χ4v) is 2.28. The Morgan fingerprint density at radius 2 is 1.77 bits per heavy atom. The second-order valence-electron chi connectivity index (χ2n) is 4.73. The van der Waals surface area contributed by atoms with Gasteiger partial charge in [-0.3, -0.25) is 4.79 Å². The predicted octanol–water partition coefficient (Wildman–Crippen LogP) is 3.11. The van der Waals surface area contributed by atoms with E-state index in [0.717, 1.165) is 17.1 Å². The number of hydrazone groups is 1. The Balaban J connectivity index is 2.02. The van der Waals surface area contributed by atoms with Crippen molar-refractivity contribution in [2.75, 3.05) is 12.1 Å². The summed E-state index contributed by atoms with van der Waals surface area (Å²) in [4.78, 5) is 12.0. The average Bonchev–Trinajstić information content (AvgIpc) is 2.89. The Morgan fingerprint density at radius 1 is 1.14 bits per heavy atom. The van der Waals surface area contributed by atoms with Crippen molar-refractivity contribution in [1.29, 1.82) is 0 Å². The summed E-state index contributed by atoms with van der Waals surface area (Å²) in [5, 5.41) is 5.22. The Labute approximate surface area is 125 Å². The highest BCUT2D eigenvalue weighted by atomic mass is 19.1. The lowest BCUT2D eigenvalue weighted by atomic mass is 10.1. The zero-order valence-electron chi connectivity index (χ0n) is 11.7. The lowest BCUT2D eigenvalue weighted by Gasteiger charge is -2.10. The molecule has 6 heteroatoms. The van der Waals surface area contributed by atoms with Crippen LogP contribution in [-0.4, -0.2) is 18.7 Å². The van der Waals surface area contributed by atoms with E-state index in [1.807, 2.05) is 0 Å². The van der Waals surface area contributed by atoms with Crippen molar-refractivity contribution in [1.82, 2.24) is 0 Å². The molecule has 0 atom stereocenters. The van der Waals surface area contributed by atoms with Gasteiger partial charge in [-0.15, -0.1) is 0 Å². The van der Waals surface area contributed by atoms with Gasteiger partial charge in [0.1, 0.15) is 17.4 Å². The van der Waals surface area contributed by atoms with E-state index in [4.69, 9.17) is 4.74 Å². The fourth-order valence-electron chi connectivity index (χ4n) is 2.28. The molecule has 1 aliphatic heterocycles. The van der Waals surface area contributed by atoms with Crippen molar-refractivity contribution in [3.63, 3.8) is 0 Å². The van der Waals surface area contributed by atoms with E-state index in [1.54, 1.807) is 30.3 Å². The molecule has 3 rings (SSSR count). The van der Waals surface area contributed by atoms with Gasteiger partial charge in [-0.25, -0.2) is 13.8 Å². The number of hydrogen-bond donors (Lipinski definition) is 0. The van der Waals surface area contributed by atoms with E-state index >= 15 is 0 Å². The van der Waals surface area contributed by atoms with Crippen LogP contribution in [0.25, 0.3) is 0 Å². The van der Waals surface area contributed by atoms with Crippen LogP contribution in [0.5, 0.6) is 5.75 Å². The molecular weight excluding hydrogens is 290 g/mol. The molecule has 2 aromatic rings. The molecular formula is C16H12F2N2O2. The van der Waals surface area contributed by atoms with Crippen molar-refractivity contribution in [3.8, 4) is 5.75 Å². The number of hydrogen-bond acceptors (Lipinski definition) is 3. The number of benzene rings is 2. The zero-order chi connectivity index (χ0) is 15.7. The minimum Gasteiger partial charge on any atom is -0.497 e. The third-order valence-electron chi connectivity index (χ3n) is 3.32. The van der Waals surface area contributed by atoms with Gasteiger partial charge in [0.25, 0.3) is 5.91 Å². The van der Waals surface area contributed by atoms with Crippen LogP contribution in [0.2, 0.25) is 0 Å². The quantitative estimate of drug-likeness (QED) is 0.874. The summed E-state index contributed by atoms with van der Waals surface area (Å²) in [5.74, 6) is -1.88. The third kappa shape index (κ3) is 2.43. The lowest BCUT2D eigenvalue weighted by molar-refractivity contribution is -0.116. The SMILES string of the molecule is COc1cc(F)c(C2=NN(c3ccccc3)C(=O)C2)c(F)c1. The number of anilines is 1. The molecule has 0 saturated heterocycles. The van der Waals surface area contributed by atoms with Crippen LogP contribution in [0.4, 0.5) is 14.5 Å². The number of carbonyl (C=O) groups is 1. The van der Waals surface area contributed by atoms with Gasteiger partial charge in [-0.2, -0.15) is 5.10 Å². The predicted molar refractivity (Wildman–Crippen MR) is 78.0 cm³/mol. The van der Waals surface area contributed by atoms with E-state index in [2.05, 4.69) is 5.10 Å². The molecule has 0 saturated carbocycles. The Kier molecular flexibility index (Phi) is 3.58. The van der Waals surface area contributed by atoms with Gasteiger partial charge in [0, 0.05) is 12.1 Å². The van der Waals surface area contributed by atoms with Crippen molar-refractivity contribution in [2.45, 2.75) is 6.42 Å². The smallest absolute Gasteiger partial charge is 0.253 e. The summed E-state index contributed by atoms with van der Waals surface area (Å²) >= 11 is 0. The monoisotopic (exact) mass is 302 g/mol. The molecule has 1 amide bonds. The minimum atomic E-state index is -0.807. The third-order valence-corrected chi connectivity index (χ3v) is 3.32. The topological polar surface area (TPSA) is 41.9 Å². The van der Waals surface area contributed by atoms with Gasteiger partial charge in [-0.05, 0) is 12.1 Å². The first-order chi connectivity index (χ1) is 10.6. The molecule has 0 spiro atoms. The van der Waals surface area contributed by atoms with Crippen LogP contribution in [-0.2, 0) is 4.79 Å². The first-order valence-electron chi connectivity index (χ1n) is 6.59. The van der Waals surface area contributed by atoms with Gasteiger partial charge >= 0.3 is 0 Å². The lowest BCUT2D eigenvalue weighted by Crippen LogP contribution is -2.19. The number of amides is 1. The second kappa shape index (κ2) is 5.55. The summed E-state index contributed by atoms with van der Waals surface area (Å²) in [5.41, 5.74) is 0.316. The summed E-state index contributed by atoms with van der Waals surface area (Å²) in [6.45, 7) is 0. The van der Waals surface area contributed by atoms with Gasteiger partial charge in [0.15, 0.2) is 0 Å². The molecule has 1 heterocycles. The number of nitrogens with zero attached hydrogens (tertiary/aromatic N) is 2. The molecule has 0 fully saturated rings. The Hall–Kier alpha value is -2.76. The molecule has 22 heavy (non-hydrogen) atoms. The number of halogens is 2. The van der Waals surface area contributed by atoms with Crippen molar-refractivity contribution in [2.24, 2.45) is 5.10 Å². The minimum absolute atomic E-state index is 0.0616. The van der Waals surface area contributed by atoms with Crippen LogP contribution in [0.3, 0.4) is 0 Å². The molecule has 0 N–H and O–H groups in total. The first kappa shape index (κ1) is 14.2. The Bertz CT molecular complexity index is 737. The normalized spacial score (nSPS) is 14.2. The molecule has 1 aliphatic rings. The highest BCUT2D eigenvalue weighted by Crippen LogP contribution is 2.27. The molecule has 0 aliphatic carbocycles. The highest BCUT2D eigenvalue weighted by molar-refractivity contribution is 6.19. The van der Waals surface area contributed by atoms with E-state index < -0.39 is 11.6 Å². The number of ether oxygens (including phenoxy) is 1. The van der Waals surface area contributed by atoms with Crippen LogP contribution >= 0.6 is 0 Å². The zero-order valence-corrected chi connectivity index (χ0v) is 11.7. The van der Waals surface area contributed by atoms with Gasteiger partial charge in [0.2, 0.25) is 0 Å². The number of para-hydroxylation sites is 1. The molecule has 0 unspecified atom stereocenters. The summed E-state index contributed by atoms with van der Waals surface area (Å²) < 4.78 is 33.0. The highest BCUT2D eigenvalue weighted by Gasteiger charge is 2.29. The van der Waals surface area contributed by atoms with Gasteiger partial charge in [0.05, 0.1) is 30.5 Å². The molecule has 0 bridgehead atoms. The molecule has 2 aromatic carbocycles. The Morgan fingerprint density at radius 3 is 2.36 bits per heavy atom. The van der Waals surface area contributed by atoms with Crippen LogP contribution in [0, 0.1) is 11.6 Å². The van der Waals surface area contributed by atoms with Crippen LogP contribution < -0.4 is 9.75 Å². The first-order valence-corrected chi connectivity index (χ1v) is 6.59. The second-order valence-corrected chi connectivity index (χ2v) is 4.73. The number of rotatable bonds is 3. The standard InChI is InChI=1S/C16H12F2N2O2/c1-22-11-7-12(17)16(13(18)8-11)14-9-15(21)20(19-14)10-5-3-2-4-6-10/h2-8H,9H2,1H3.